The first-order valence-electron chi connectivity index (χ1n) is 18.6. The molecule has 2 aliphatic rings. The van der Waals surface area contributed by atoms with E-state index < -0.39 is 83.9 Å². The molecule has 22 nitrogen and oxygen atoms in total. The number of aromatic nitrogens is 8. The van der Waals surface area contributed by atoms with Gasteiger partial charge >= 0.3 is 16.9 Å². The molecule has 4 aromatic heterocycles. The lowest BCUT2D eigenvalue weighted by molar-refractivity contribution is -0.118. The second kappa shape index (κ2) is 19.0. The SMILES string of the molecule is CC[C@H]1O[C@@H](n2cnc3c(NC(=O)c4ccccc4)ncnc32)C[C@@H]1OP(OCCC#N)OC[C@H]1O[C@@H](n2cnc3c(=O)[nH]c(NC(=O)C(C)C)nc32)[C@H](O[P+](=O)O)[C@@H]1F. The second-order valence-corrected chi connectivity index (χ2v) is 15.6. The molecule has 0 aliphatic carbocycles. The Morgan fingerprint density at radius 2 is 1.85 bits per heavy atom. The number of fused-ring (bicyclic) bond motifs is 2. The van der Waals surface area contributed by atoms with Crippen molar-refractivity contribution in [3.05, 3.63) is 65.2 Å². The number of rotatable bonds is 17. The number of halogens is 1. The molecular formula is C35H39FN11O11P2+. The number of anilines is 2. The van der Waals surface area contributed by atoms with E-state index in [0.717, 1.165) is 10.9 Å². The van der Waals surface area contributed by atoms with Gasteiger partial charge in [-0.1, -0.05) is 39.0 Å². The minimum Gasteiger partial charge on any atom is -0.352 e. The molecule has 0 saturated carbocycles. The maximum Gasteiger partial charge on any atom is 0.695 e. The predicted molar refractivity (Wildman–Crippen MR) is 208 cm³/mol. The topological polar surface area (TPSA) is 282 Å². The number of imidazole rings is 2. The van der Waals surface area contributed by atoms with Crippen LogP contribution in [0.15, 0.2) is 54.1 Å². The molecule has 0 bridgehead atoms. The molecule has 2 fully saturated rings. The summed E-state index contributed by atoms with van der Waals surface area (Å²) in [6.07, 6.45) is -3.75. The number of H-pyrrole nitrogens is 1. The van der Waals surface area contributed by atoms with Crippen molar-refractivity contribution in [2.75, 3.05) is 23.8 Å². The Bertz CT molecular complexity index is 2450. The summed E-state index contributed by atoms with van der Waals surface area (Å²) in [6, 6.07) is 10.6. The number of alkyl halides is 1. The molecular weight excluding hydrogens is 831 g/mol. The first-order chi connectivity index (χ1) is 28.9. The number of benzene rings is 1. The van der Waals surface area contributed by atoms with Gasteiger partial charge in [0.15, 0.2) is 46.6 Å². The summed E-state index contributed by atoms with van der Waals surface area (Å²) >= 11 is 0. The summed E-state index contributed by atoms with van der Waals surface area (Å²) in [5, 5.41) is 14.4. The van der Waals surface area contributed by atoms with Gasteiger partial charge in [0.25, 0.3) is 11.5 Å². The van der Waals surface area contributed by atoms with Crippen molar-refractivity contribution in [2.45, 2.75) is 83.1 Å². The summed E-state index contributed by atoms with van der Waals surface area (Å²) < 4.78 is 66.4. The number of aromatic amines is 1. The van der Waals surface area contributed by atoms with Crippen molar-refractivity contribution in [2.24, 2.45) is 5.92 Å². The van der Waals surface area contributed by atoms with E-state index in [4.69, 9.17) is 27.6 Å². The lowest BCUT2D eigenvalue weighted by Crippen LogP contribution is -2.31. The Labute approximate surface area is 341 Å². The third kappa shape index (κ3) is 9.37. The van der Waals surface area contributed by atoms with Crippen molar-refractivity contribution in [1.29, 1.82) is 5.26 Å². The number of hydrogen-bond donors (Lipinski definition) is 4. The maximum atomic E-state index is 16.1. The van der Waals surface area contributed by atoms with Gasteiger partial charge in [0, 0.05) is 22.5 Å². The normalized spacial score (nSPS) is 23.6. The van der Waals surface area contributed by atoms with Crippen LogP contribution in [-0.4, -0.2) is 99.5 Å². The summed E-state index contributed by atoms with van der Waals surface area (Å²) in [7, 11) is -5.62. The van der Waals surface area contributed by atoms with E-state index in [1.165, 1.54) is 12.7 Å². The summed E-state index contributed by atoms with van der Waals surface area (Å²) in [4.78, 5) is 71.5. The van der Waals surface area contributed by atoms with Crippen molar-refractivity contribution < 1.29 is 51.0 Å². The lowest BCUT2D eigenvalue weighted by atomic mass is 10.1. The van der Waals surface area contributed by atoms with Crippen molar-refractivity contribution >= 4 is 62.8 Å². The van der Waals surface area contributed by atoms with Crippen LogP contribution >= 0.6 is 16.9 Å². The molecule has 25 heteroatoms. The van der Waals surface area contributed by atoms with Gasteiger partial charge in [0.05, 0.1) is 50.6 Å². The third-order valence-corrected chi connectivity index (χ3v) is 11.1. The summed E-state index contributed by atoms with van der Waals surface area (Å²) in [6.45, 7) is 4.58. The zero-order valence-corrected chi connectivity index (χ0v) is 33.9. The van der Waals surface area contributed by atoms with Crippen LogP contribution in [0.1, 0.15) is 62.8 Å². The van der Waals surface area contributed by atoms with E-state index in [2.05, 4.69) is 40.5 Å². The molecule has 7 rings (SSSR count). The fourth-order valence-corrected chi connectivity index (χ4v) is 8.06. The van der Waals surface area contributed by atoms with Crippen molar-refractivity contribution in [1.82, 2.24) is 39.0 Å². The highest BCUT2D eigenvalue weighted by Gasteiger charge is 2.52. The second-order valence-electron chi connectivity index (χ2n) is 13.7. The van der Waals surface area contributed by atoms with Crippen LogP contribution < -0.4 is 16.2 Å². The number of nitriles is 1. The molecule has 2 unspecified atom stereocenters. The lowest BCUT2D eigenvalue weighted by Gasteiger charge is -2.24. The fourth-order valence-electron chi connectivity index (χ4n) is 6.48. The van der Waals surface area contributed by atoms with Crippen LogP contribution in [0.2, 0.25) is 0 Å². The van der Waals surface area contributed by atoms with Crippen LogP contribution in [0.5, 0.6) is 0 Å². The highest BCUT2D eigenvalue weighted by molar-refractivity contribution is 7.41. The highest BCUT2D eigenvalue weighted by atomic mass is 31.2. The molecule has 2 saturated heterocycles. The predicted octanol–water partition coefficient (Wildman–Crippen LogP) is 4.33. The molecule has 5 aromatic rings. The Hall–Kier alpha value is -5.27. The number of hydrogen-bond acceptors (Lipinski definition) is 16. The van der Waals surface area contributed by atoms with E-state index in [-0.39, 0.29) is 48.3 Å². The minimum atomic E-state index is -3.34. The molecule has 60 heavy (non-hydrogen) atoms. The van der Waals surface area contributed by atoms with Gasteiger partial charge in [-0.05, 0) is 18.6 Å². The average Bonchev–Trinajstić information content (AvgIpc) is 4.02. The molecule has 316 valence electrons. The summed E-state index contributed by atoms with van der Waals surface area (Å²) in [5.74, 6) is -1.26. The van der Waals surface area contributed by atoms with Gasteiger partial charge in [-0.2, -0.15) is 10.2 Å². The maximum absolute atomic E-state index is 16.1. The van der Waals surface area contributed by atoms with Crippen LogP contribution in [0.25, 0.3) is 22.3 Å². The quantitative estimate of drug-likeness (QED) is 0.0747. The Morgan fingerprint density at radius 1 is 1.08 bits per heavy atom. The van der Waals surface area contributed by atoms with Gasteiger partial charge in [-0.15, -0.1) is 9.42 Å². The molecule has 6 heterocycles. The van der Waals surface area contributed by atoms with E-state index in [9.17, 15) is 29.1 Å². The first-order valence-corrected chi connectivity index (χ1v) is 20.9. The molecule has 0 spiro atoms. The first kappa shape index (κ1) is 42.8. The smallest absolute Gasteiger partial charge is 0.352 e. The molecule has 4 N–H and O–H groups in total. The van der Waals surface area contributed by atoms with Gasteiger partial charge in [-0.25, -0.2) is 24.3 Å². The zero-order valence-electron chi connectivity index (χ0n) is 32.2. The fraction of sp³-hybridized carbons (Fsp3) is 0.457. The van der Waals surface area contributed by atoms with Gasteiger partial charge in [-0.3, -0.25) is 33.8 Å². The van der Waals surface area contributed by atoms with Crippen LogP contribution in [0.3, 0.4) is 0 Å². The summed E-state index contributed by atoms with van der Waals surface area (Å²) in [5.41, 5.74) is 0.136. The molecule has 0 radical (unpaired) electrons. The number of nitrogens with zero attached hydrogens (tertiary/aromatic N) is 8. The Morgan fingerprint density at radius 3 is 2.58 bits per heavy atom. The molecule has 1 aromatic carbocycles. The standard InChI is InChI=1S/C35H38FN11O11P2/c1-4-20-21(13-23(55-20)46-16-40-25-28(38-15-39-29(25)46)42-32(49)19-9-6-5-7-10-19)57-60(53-12-8-11-37)54-14-22-24(36)27(58-59(51)52)34(56-22)47-17-41-26-30(47)43-35(45-33(26)50)44-31(48)18(2)3/h5-7,9-10,15-18,20-24,27,34H,4,8,12-14H2,1-3H3,(H3-,38,39,42,43,44,45,48,49,50,51,52)/p+1/t20-,21+,22-,23-,24-,27-,34-,60?/m1/s1. The van der Waals surface area contributed by atoms with Crippen LogP contribution in [0.4, 0.5) is 16.2 Å². The van der Waals surface area contributed by atoms with Crippen molar-refractivity contribution in [3.8, 4) is 6.07 Å². The Balaban J connectivity index is 1.06. The third-order valence-electron chi connectivity index (χ3n) is 9.44. The largest absolute Gasteiger partial charge is 0.695 e. The van der Waals surface area contributed by atoms with Gasteiger partial charge < -0.3 is 28.4 Å². The van der Waals surface area contributed by atoms with Crippen LogP contribution in [-0.2, 0) is 36.9 Å². The number of ether oxygens (including phenoxy) is 2. The molecule has 2 amide bonds. The van der Waals surface area contributed by atoms with Gasteiger partial charge in [0.1, 0.15) is 18.7 Å². The average molecular weight is 871 g/mol. The number of amides is 2. The molecule has 9 atom stereocenters. The van der Waals surface area contributed by atoms with E-state index >= 15 is 4.39 Å². The zero-order chi connectivity index (χ0) is 42.5. The number of nitrogens with one attached hydrogen (secondary N) is 3. The number of carbonyl (C=O) groups excluding carboxylic acids is 2. The van der Waals surface area contributed by atoms with Crippen molar-refractivity contribution in [3.63, 3.8) is 0 Å². The molecule has 2 aliphatic heterocycles. The van der Waals surface area contributed by atoms with Gasteiger partial charge in [0.2, 0.25) is 11.9 Å². The van der Waals surface area contributed by atoms with E-state index in [1.807, 2.05) is 13.0 Å². The minimum absolute atomic E-state index is 0.0108. The Kier molecular flexibility index (Phi) is 13.5. The van der Waals surface area contributed by atoms with Crippen LogP contribution in [0, 0.1) is 17.2 Å². The monoisotopic (exact) mass is 870 g/mol. The number of carbonyl (C=O) groups is 2. The highest BCUT2D eigenvalue weighted by Crippen LogP contribution is 2.48. The van der Waals surface area contributed by atoms with E-state index in [1.54, 1.807) is 48.7 Å². The van der Waals surface area contributed by atoms with E-state index in [0.29, 0.717) is 23.1 Å².